The summed E-state index contributed by atoms with van der Waals surface area (Å²) in [4.78, 5) is 12.7. The van der Waals surface area contributed by atoms with Gasteiger partial charge in [0.15, 0.2) is 0 Å². The van der Waals surface area contributed by atoms with Gasteiger partial charge in [0.1, 0.15) is 5.60 Å². The van der Waals surface area contributed by atoms with Crippen molar-refractivity contribution in [1.29, 1.82) is 5.41 Å². The second kappa shape index (κ2) is 8.85. The van der Waals surface area contributed by atoms with Crippen molar-refractivity contribution in [3.63, 3.8) is 0 Å². The molecule has 0 aliphatic rings. The molecule has 5 rings (SSSR count). The van der Waals surface area contributed by atoms with Crippen molar-refractivity contribution in [2.24, 2.45) is 0 Å². The van der Waals surface area contributed by atoms with E-state index in [2.05, 4.69) is 0 Å². The fourth-order valence-corrected chi connectivity index (χ4v) is 4.46. The standard InChI is InChI=1S/C27H27BN4O4/c1-27(2,3)36-26(33)30-16-15-21-18(7-6-10-22(21)30)17-31-23-8-4-5-9-24(23)32(25(31)29)20-13-11-19(12-14-20)28(34)35/h4-16,29,34-35H,17H2,1-3H3. The molecule has 3 N–H and O–H groups in total. The molecular formula is C27H27BN4O4. The van der Waals surface area contributed by atoms with Crippen LogP contribution in [0.2, 0.25) is 0 Å². The molecular weight excluding hydrogens is 455 g/mol. The average Bonchev–Trinajstić information content (AvgIpc) is 3.38. The van der Waals surface area contributed by atoms with E-state index in [0.29, 0.717) is 12.0 Å². The summed E-state index contributed by atoms with van der Waals surface area (Å²) < 4.78 is 10.8. The van der Waals surface area contributed by atoms with Crippen molar-refractivity contribution in [2.75, 3.05) is 0 Å². The van der Waals surface area contributed by atoms with Crippen LogP contribution in [-0.4, -0.2) is 42.6 Å². The van der Waals surface area contributed by atoms with E-state index in [1.54, 1.807) is 30.5 Å². The van der Waals surface area contributed by atoms with Crippen LogP contribution in [0.1, 0.15) is 26.3 Å². The number of rotatable bonds is 4. The molecule has 182 valence electrons. The Morgan fingerprint density at radius 3 is 2.25 bits per heavy atom. The van der Waals surface area contributed by atoms with Crippen LogP contribution in [0, 0.1) is 5.41 Å². The van der Waals surface area contributed by atoms with Crippen LogP contribution < -0.4 is 11.1 Å². The molecule has 2 heterocycles. The minimum absolute atomic E-state index is 0.275. The van der Waals surface area contributed by atoms with Crippen molar-refractivity contribution in [1.82, 2.24) is 13.7 Å². The van der Waals surface area contributed by atoms with Crippen LogP contribution in [-0.2, 0) is 11.3 Å². The maximum Gasteiger partial charge on any atom is 0.488 e. The van der Waals surface area contributed by atoms with E-state index < -0.39 is 18.8 Å². The zero-order valence-electron chi connectivity index (χ0n) is 20.3. The highest BCUT2D eigenvalue weighted by molar-refractivity contribution is 6.58. The summed E-state index contributed by atoms with van der Waals surface area (Å²) in [5.74, 6) is 0. The monoisotopic (exact) mass is 482 g/mol. The van der Waals surface area contributed by atoms with Gasteiger partial charge in [0.2, 0.25) is 5.62 Å². The van der Waals surface area contributed by atoms with Gasteiger partial charge in [-0.2, -0.15) is 0 Å². The minimum Gasteiger partial charge on any atom is -0.443 e. The third-order valence-electron chi connectivity index (χ3n) is 6.07. The molecule has 0 radical (unpaired) electrons. The van der Waals surface area contributed by atoms with E-state index in [1.807, 2.05) is 78.4 Å². The smallest absolute Gasteiger partial charge is 0.443 e. The van der Waals surface area contributed by atoms with Gasteiger partial charge in [0.25, 0.3) is 0 Å². The van der Waals surface area contributed by atoms with Crippen molar-refractivity contribution in [3.05, 3.63) is 90.2 Å². The highest BCUT2D eigenvalue weighted by atomic mass is 16.6. The van der Waals surface area contributed by atoms with Crippen LogP contribution in [0.5, 0.6) is 0 Å². The number of hydrogen-bond acceptors (Lipinski definition) is 5. The van der Waals surface area contributed by atoms with E-state index in [9.17, 15) is 14.8 Å². The third-order valence-corrected chi connectivity index (χ3v) is 6.07. The van der Waals surface area contributed by atoms with E-state index in [4.69, 9.17) is 10.1 Å². The summed E-state index contributed by atoms with van der Waals surface area (Å²) in [7, 11) is -1.55. The van der Waals surface area contributed by atoms with Gasteiger partial charge in [0, 0.05) is 17.3 Å². The lowest BCUT2D eigenvalue weighted by Gasteiger charge is -2.19. The Morgan fingerprint density at radius 1 is 0.917 bits per heavy atom. The van der Waals surface area contributed by atoms with Gasteiger partial charge in [-0.3, -0.25) is 14.5 Å². The maximum atomic E-state index is 12.7. The normalized spacial score (nSPS) is 11.8. The van der Waals surface area contributed by atoms with Gasteiger partial charge >= 0.3 is 13.2 Å². The van der Waals surface area contributed by atoms with Gasteiger partial charge in [-0.25, -0.2) is 4.79 Å². The molecule has 0 aliphatic carbocycles. The summed E-state index contributed by atoms with van der Waals surface area (Å²) in [5.41, 5.74) is 4.26. The molecule has 9 heteroatoms. The fraction of sp³-hybridized carbons (Fsp3) is 0.185. The summed E-state index contributed by atoms with van der Waals surface area (Å²) in [5, 5.41) is 28.8. The maximum absolute atomic E-state index is 12.7. The van der Waals surface area contributed by atoms with Crippen molar-refractivity contribution < 1.29 is 19.6 Å². The Kier molecular flexibility index (Phi) is 5.82. The molecule has 0 unspecified atom stereocenters. The average molecular weight is 482 g/mol. The fourth-order valence-electron chi connectivity index (χ4n) is 4.46. The number of imidazole rings is 1. The summed E-state index contributed by atoms with van der Waals surface area (Å²) in [6, 6.07) is 22.3. The Bertz CT molecular complexity index is 1640. The van der Waals surface area contributed by atoms with Crippen LogP contribution in [0.25, 0.3) is 27.6 Å². The van der Waals surface area contributed by atoms with E-state index in [-0.39, 0.29) is 5.62 Å². The molecule has 0 aliphatic heterocycles. The number of nitrogens with one attached hydrogen (secondary N) is 1. The second-order valence-corrected chi connectivity index (χ2v) is 9.72. The molecule has 3 aromatic carbocycles. The van der Waals surface area contributed by atoms with Gasteiger partial charge < -0.3 is 19.4 Å². The zero-order valence-corrected chi connectivity index (χ0v) is 20.3. The van der Waals surface area contributed by atoms with Gasteiger partial charge in [-0.05, 0) is 68.2 Å². The number of benzene rings is 3. The number of fused-ring (bicyclic) bond motifs is 2. The number of nitrogens with zero attached hydrogens (tertiary/aromatic N) is 3. The molecule has 0 saturated carbocycles. The molecule has 0 atom stereocenters. The molecule has 0 spiro atoms. The summed E-state index contributed by atoms with van der Waals surface area (Å²) in [6.07, 6.45) is 1.28. The number of aromatic nitrogens is 3. The lowest BCUT2D eigenvalue weighted by atomic mass is 9.80. The highest BCUT2D eigenvalue weighted by Gasteiger charge is 2.20. The van der Waals surface area contributed by atoms with Gasteiger partial charge in [-0.1, -0.05) is 36.4 Å². The molecule has 0 fully saturated rings. The molecule has 36 heavy (non-hydrogen) atoms. The van der Waals surface area contributed by atoms with E-state index in [1.165, 1.54) is 4.57 Å². The predicted molar refractivity (Wildman–Crippen MR) is 140 cm³/mol. The van der Waals surface area contributed by atoms with E-state index >= 15 is 0 Å². The Labute approximate surface area is 208 Å². The first kappa shape index (κ1) is 23.7. The van der Waals surface area contributed by atoms with Gasteiger partial charge in [-0.15, -0.1) is 0 Å². The summed E-state index contributed by atoms with van der Waals surface area (Å²) in [6.45, 7) is 5.94. The van der Waals surface area contributed by atoms with E-state index in [0.717, 1.165) is 33.2 Å². The summed E-state index contributed by atoms with van der Waals surface area (Å²) >= 11 is 0. The number of carbonyl (C=O) groups excluding carboxylic acids is 1. The Hall–Kier alpha value is -4.08. The van der Waals surface area contributed by atoms with Crippen LogP contribution in [0.15, 0.2) is 79.0 Å². The number of carbonyl (C=O) groups is 1. The van der Waals surface area contributed by atoms with Crippen molar-refractivity contribution >= 4 is 40.6 Å². The Morgan fingerprint density at radius 2 is 1.58 bits per heavy atom. The number of hydrogen-bond donors (Lipinski definition) is 3. The van der Waals surface area contributed by atoms with Crippen LogP contribution in [0.4, 0.5) is 4.79 Å². The van der Waals surface area contributed by atoms with Crippen molar-refractivity contribution in [2.45, 2.75) is 32.9 Å². The predicted octanol–water partition coefficient (Wildman–Crippen LogP) is 3.38. The van der Waals surface area contributed by atoms with Crippen LogP contribution in [0.3, 0.4) is 0 Å². The zero-order chi connectivity index (χ0) is 25.6. The second-order valence-electron chi connectivity index (χ2n) is 9.72. The third kappa shape index (κ3) is 4.23. The lowest BCUT2D eigenvalue weighted by Crippen LogP contribution is -2.30. The molecule has 5 aromatic rings. The first-order chi connectivity index (χ1) is 17.1. The highest BCUT2D eigenvalue weighted by Crippen LogP contribution is 2.24. The largest absolute Gasteiger partial charge is 0.488 e. The number of ether oxygens (including phenoxy) is 1. The van der Waals surface area contributed by atoms with Crippen LogP contribution >= 0.6 is 0 Å². The molecule has 8 nitrogen and oxygen atoms in total. The first-order valence-electron chi connectivity index (χ1n) is 11.7. The molecule has 0 bridgehead atoms. The minimum atomic E-state index is -1.55. The SMILES string of the molecule is CC(C)(C)OC(=O)n1ccc2c(Cn3c(=N)n(-c4ccc(B(O)O)cc4)c4ccccc43)cccc21. The first-order valence-corrected chi connectivity index (χ1v) is 11.7. The Balaban J connectivity index is 1.59. The van der Waals surface area contributed by atoms with Crippen molar-refractivity contribution in [3.8, 4) is 5.69 Å². The molecule has 0 saturated heterocycles. The molecule has 2 aromatic heterocycles. The quantitative estimate of drug-likeness (QED) is 0.342. The lowest BCUT2D eigenvalue weighted by molar-refractivity contribution is 0.0544. The topological polar surface area (TPSA) is 105 Å². The van der Waals surface area contributed by atoms with Gasteiger partial charge in [0.05, 0.1) is 23.1 Å². The molecule has 0 amide bonds. The number of para-hydroxylation sites is 2.